The largest absolute Gasteiger partial charge is 0.371 e. The monoisotopic (exact) mass is 551 g/mol. The van der Waals surface area contributed by atoms with Gasteiger partial charge < -0.3 is 4.90 Å². The second kappa shape index (κ2) is 9.35. The number of fused-ring (bicyclic) bond motifs is 7. The maximum Gasteiger partial charge on any atom is 0.0572 e. The average molecular weight is 552 g/mol. The molecule has 7 rings (SSSR count). The summed E-state index contributed by atoms with van der Waals surface area (Å²) in [6.45, 7) is 17.9. The fraction of sp³-hybridized carbons (Fsp3) is 0.632. The molecule has 0 spiro atoms. The molecular formula is C38H53NSi. The molecular weight excluding hydrogens is 499 g/mol. The van der Waals surface area contributed by atoms with E-state index in [1.807, 2.05) is 5.57 Å². The number of hydrogen-bond acceptors (Lipinski definition) is 1. The average Bonchev–Trinajstić information content (AvgIpc) is 3.53. The Hall–Kier alpha value is -1.80. The molecule has 9 unspecified atom stereocenters. The first-order valence-corrected chi connectivity index (χ1v) is 19.8. The molecule has 2 fully saturated rings. The third-order valence-corrected chi connectivity index (χ3v) is 17.9. The Morgan fingerprint density at radius 2 is 1.75 bits per heavy atom. The molecule has 0 radical (unpaired) electrons. The molecule has 1 aliphatic heterocycles. The molecule has 214 valence electrons. The molecule has 1 nitrogen and oxygen atoms in total. The molecule has 1 heterocycles. The lowest BCUT2D eigenvalue weighted by Gasteiger charge is -2.47. The van der Waals surface area contributed by atoms with Crippen LogP contribution in [0.15, 0.2) is 65.8 Å². The van der Waals surface area contributed by atoms with Gasteiger partial charge in [-0.1, -0.05) is 95.0 Å². The standard InChI is InChI=1S/C38H53NSi/c1-23(2)20-25-22-33(30-17-18-31-28(34(25)30)14-11-19-38(31,4)5)40(7,8)37-27-13-10-9-12-26(27)35-29-16-15-24(3)21-32(29)39(6)36(35)37/h9-10,12-13,15-18,21,23,25-27,30,33-37H,11,14,19-20,22H2,1-8H3. The molecule has 1 aromatic rings. The Kier molecular flexibility index (Phi) is 6.32. The van der Waals surface area contributed by atoms with Crippen LogP contribution in [0.5, 0.6) is 0 Å². The van der Waals surface area contributed by atoms with Gasteiger partial charge in [0.2, 0.25) is 0 Å². The van der Waals surface area contributed by atoms with Gasteiger partial charge in [-0.3, -0.25) is 0 Å². The molecule has 0 saturated heterocycles. The number of benzene rings is 1. The molecule has 2 saturated carbocycles. The van der Waals surface area contributed by atoms with Gasteiger partial charge in [-0.25, -0.2) is 0 Å². The topological polar surface area (TPSA) is 3.24 Å². The van der Waals surface area contributed by atoms with Crippen LogP contribution in [0.25, 0.3) is 0 Å². The number of rotatable bonds is 4. The quantitative estimate of drug-likeness (QED) is 0.336. The fourth-order valence-electron chi connectivity index (χ4n) is 11.4. The van der Waals surface area contributed by atoms with Crippen molar-refractivity contribution in [2.24, 2.45) is 40.9 Å². The molecule has 0 amide bonds. The smallest absolute Gasteiger partial charge is 0.0572 e. The Bertz CT molecular complexity index is 1310. The third kappa shape index (κ3) is 3.83. The lowest BCUT2D eigenvalue weighted by atomic mass is 9.64. The lowest BCUT2D eigenvalue weighted by molar-refractivity contribution is 0.291. The Morgan fingerprint density at radius 3 is 2.50 bits per heavy atom. The first kappa shape index (κ1) is 27.1. The van der Waals surface area contributed by atoms with Crippen LogP contribution < -0.4 is 4.90 Å². The van der Waals surface area contributed by atoms with E-state index in [0.717, 1.165) is 34.8 Å². The van der Waals surface area contributed by atoms with E-state index in [1.54, 1.807) is 11.1 Å². The summed E-state index contributed by atoms with van der Waals surface area (Å²) in [5.41, 5.74) is 10.2. The normalized spacial score (nSPS) is 38.9. The summed E-state index contributed by atoms with van der Waals surface area (Å²) in [5.74, 6) is 5.19. The van der Waals surface area contributed by atoms with Crippen molar-refractivity contribution in [2.75, 3.05) is 11.9 Å². The summed E-state index contributed by atoms with van der Waals surface area (Å²) >= 11 is 0. The predicted octanol–water partition coefficient (Wildman–Crippen LogP) is 10.1. The number of anilines is 1. The van der Waals surface area contributed by atoms with Gasteiger partial charge >= 0.3 is 0 Å². The van der Waals surface area contributed by atoms with E-state index >= 15 is 0 Å². The minimum absolute atomic E-state index is 0.351. The van der Waals surface area contributed by atoms with E-state index in [4.69, 9.17) is 0 Å². The van der Waals surface area contributed by atoms with E-state index < -0.39 is 8.07 Å². The molecule has 5 aliphatic carbocycles. The van der Waals surface area contributed by atoms with Gasteiger partial charge in [0.1, 0.15) is 0 Å². The molecule has 0 N–H and O–H groups in total. The Balaban J connectivity index is 1.30. The highest BCUT2D eigenvalue weighted by Crippen LogP contribution is 2.68. The Labute approximate surface area is 245 Å². The van der Waals surface area contributed by atoms with Crippen molar-refractivity contribution in [2.45, 2.75) is 103 Å². The van der Waals surface area contributed by atoms with Gasteiger partial charge in [0.15, 0.2) is 0 Å². The zero-order chi connectivity index (χ0) is 28.1. The highest BCUT2D eigenvalue weighted by Gasteiger charge is 2.63. The van der Waals surface area contributed by atoms with E-state index in [1.165, 1.54) is 43.4 Å². The first-order valence-electron chi connectivity index (χ1n) is 16.6. The highest BCUT2D eigenvalue weighted by molar-refractivity contribution is 6.80. The van der Waals surface area contributed by atoms with Gasteiger partial charge in [0.05, 0.1) is 8.07 Å². The number of nitrogens with zero attached hydrogens (tertiary/aromatic N) is 1. The zero-order valence-corrected chi connectivity index (χ0v) is 27.5. The molecule has 9 atom stereocenters. The Morgan fingerprint density at radius 1 is 1.00 bits per heavy atom. The zero-order valence-electron chi connectivity index (χ0n) is 26.5. The predicted molar refractivity (Wildman–Crippen MR) is 175 cm³/mol. The van der Waals surface area contributed by atoms with Crippen LogP contribution >= 0.6 is 0 Å². The van der Waals surface area contributed by atoms with Crippen molar-refractivity contribution < 1.29 is 0 Å². The number of allylic oxidation sites excluding steroid dienone is 8. The number of hydrogen-bond donors (Lipinski definition) is 0. The van der Waals surface area contributed by atoms with Gasteiger partial charge in [-0.15, -0.1) is 0 Å². The van der Waals surface area contributed by atoms with Gasteiger partial charge in [-0.05, 0) is 114 Å². The van der Waals surface area contributed by atoms with Gasteiger partial charge in [-0.2, -0.15) is 0 Å². The third-order valence-electron chi connectivity index (χ3n) is 12.9. The van der Waals surface area contributed by atoms with Gasteiger partial charge in [0.25, 0.3) is 0 Å². The van der Waals surface area contributed by atoms with Crippen LogP contribution in [0.3, 0.4) is 0 Å². The van der Waals surface area contributed by atoms with Crippen LogP contribution in [-0.4, -0.2) is 21.2 Å². The molecule has 6 aliphatic rings. The van der Waals surface area contributed by atoms with Crippen LogP contribution in [0, 0.1) is 47.8 Å². The van der Waals surface area contributed by atoms with Crippen molar-refractivity contribution in [1.82, 2.24) is 0 Å². The van der Waals surface area contributed by atoms with Crippen molar-refractivity contribution in [3.63, 3.8) is 0 Å². The van der Waals surface area contributed by atoms with Crippen molar-refractivity contribution >= 4 is 13.8 Å². The molecule has 0 bridgehead atoms. The van der Waals surface area contributed by atoms with Crippen molar-refractivity contribution in [3.8, 4) is 0 Å². The highest BCUT2D eigenvalue weighted by atomic mass is 28.3. The summed E-state index contributed by atoms with van der Waals surface area (Å²) < 4.78 is 0. The van der Waals surface area contributed by atoms with Crippen LogP contribution in [0.1, 0.15) is 76.8 Å². The summed E-state index contributed by atoms with van der Waals surface area (Å²) in [5, 5.41) is 0. The SMILES string of the molecule is Cc1ccc2c(c1)N(C)C1C2C2C=CC=CC2C1[Si](C)(C)C1CC(CC(C)C)C2C3=C(C=CC21)C(C)(C)CCC3. The van der Waals surface area contributed by atoms with E-state index in [-0.39, 0.29) is 0 Å². The van der Waals surface area contributed by atoms with Crippen LogP contribution in [-0.2, 0) is 0 Å². The molecule has 1 aromatic carbocycles. The maximum atomic E-state index is 2.84. The molecule has 0 aromatic heterocycles. The lowest BCUT2D eigenvalue weighted by Crippen LogP contribution is -2.49. The first-order chi connectivity index (χ1) is 19.0. The summed E-state index contributed by atoms with van der Waals surface area (Å²) in [6, 6.07) is 7.96. The second-order valence-corrected chi connectivity index (χ2v) is 21.4. The molecule has 2 heteroatoms. The van der Waals surface area contributed by atoms with E-state index in [0.29, 0.717) is 29.2 Å². The number of aryl methyl sites for hydroxylation is 1. The summed E-state index contributed by atoms with van der Waals surface area (Å²) in [6.07, 6.45) is 22.4. The fourth-order valence-corrected chi connectivity index (χ4v) is 16.8. The summed E-state index contributed by atoms with van der Waals surface area (Å²) in [4.78, 5) is 2.76. The minimum Gasteiger partial charge on any atom is -0.371 e. The second-order valence-electron chi connectivity index (χ2n) is 16.3. The minimum atomic E-state index is -1.72. The number of likely N-dealkylation sites (N-methyl/N-ethyl adjacent to an activating group) is 1. The van der Waals surface area contributed by atoms with Crippen molar-refractivity contribution in [3.05, 3.63) is 76.9 Å². The van der Waals surface area contributed by atoms with Crippen molar-refractivity contribution in [1.29, 1.82) is 0 Å². The van der Waals surface area contributed by atoms with Crippen LogP contribution in [0.4, 0.5) is 5.69 Å². The summed E-state index contributed by atoms with van der Waals surface area (Å²) in [7, 11) is 0.717. The van der Waals surface area contributed by atoms with Gasteiger partial charge in [0, 0.05) is 24.7 Å². The maximum absolute atomic E-state index is 2.84. The molecule has 40 heavy (non-hydrogen) atoms. The van der Waals surface area contributed by atoms with Crippen LogP contribution in [0.2, 0.25) is 24.2 Å². The van der Waals surface area contributed by atoms with E-state index in [9.17, 15) is 0 Å². The van der Waals surface area contributed by atoms with E-state index in [2.05, 4.69) is 114 Å².